The molecule has 0 saturated carbocycles. The minimum atomic E-state index is 0. The van der Waals surface area contributed by atoms with Crippen molar-refractivity contribution in [3.63, 3.8) is 0 Å². The van der Waals surface area contributed by atoms with Gasteiger partial charge in [-0.3, -0.25) is 0 Å². The van der Waals surface area contributed by atoms with Gasteiger partial charge in [0.2, 0.25) is 5.88 Å². The van der Waals surface area contributed by atoms with Crippen LogP contribution < -0.4 is 4.74 Å². The second-order valence-corrected chi connectivity index (χ2v) is 5.10. The smallest absolute Gasteiger partial charge is 0.232 e. The number of guanidine groups is 1. The normalized spacial score (nSPS) is 9.50. The average molecular weight is 433 g/mol. The fourth-order valence-corrected chi connectivity index (χ4v) is 1.91. The summed E-state index contributed by atoms with van der Waals surface area (Å²) in [6.07, 6.45) is 1.50. The van der Waals surface area contributed by atoms with Crippen molar-refractivity contribution in [2.24, 2.45) is 4.99 Å². The zero-order chi connectivity index (χ0) is 14.4. The van der Waals surface area contributed by atoms with Crippen LogP contribution in [-0.2, 0) is 0 Å². The molecule has 0 aliphatic heterocycles. The first-order chi connectivity index (χ1) is 8.91. The van der Waals surface area contributed by atoms with Gasteiger partial charge in [0.1, 0.15) is 11.6 Å². The molecule has 5 nitrogen and oxygen atoms in total. The van der Waals surface area contributed by atoms with Crippen LogP contribution in [-0.4, -0.2) is 62.1 Å². The summed E-state index contributed by atoms with van der Waals surface area (Å²) in [5, 5.41) is 0.884. The molecular formula is C12H19Cl2IN4O. The summed E-state index contributed by atoms with van der Waals surface area (Å²) in [7, 11) is 7.77. The molecule has 0 amide bonds. The van der Waals surface area contributed by atoms with Crippen LogP contribution in [0.25, 0.3) is 0 Å². The largest absolute Gasteiger partial charge is 0.475 e. The van der Waals surface area contributed by atoms with E-state index in [9.17, 15) is 0 Å². The lowest BCUT2D eigenvalue weighted by molar-refractivity contribution is 0.314. The van der Waals surface area contributed by atoms with Crippen molar-refractivity contribution in [1.29, 1.82) is 0 Å². The van der Waals surface area contributed by atoms with Crippen molar-refractivity contribution in [3.8, 4) is 5.88 Å². The minimum absolute atomic E-state index is 0. The lowest BCUT2D eigenvalue weighted by atomic mass is 10.5. The van der Waals surface area contributed by atoms with E-state index in [1.807, 2.05) is 38.0 Å². The van der Waals surface area contributed by atoms with Gasteiger partial charge in [-0.15, -0.1) is 24.0 Å². The molecule has 8 heteroatoms. The average Bonchev–Trinajstić information content (AvgIpc) is 2.30. The molecule has 114 valence electrons. The third kappa shape index (κ3) is 6.32. The fourth-order valence-electron chi connectivity index (χ4n) is 1.48. The van der Waals surface area contributed by atoms with E-state index < -0.39 is 0 Å². The quantitative estimate of drug-likeness (QED) is 0.317. The first-order valence-corrected chi connectivity index (χ1v) is 6.50. The van der Waals surface area contributed by atoms with Gasteiger partial charge in [-0.25, -0.2) is 9.98 Å². The van der Waals surface area contributed by atoms with Crippen molar-refractivity contribution >= 4 is 53.1 Å². The number of aromatic nitrogens is 1. The van der Waals surface area contributed by atoms with Crippen LogP contribution in [0.3, 0.4) is 0 Å². The highest BCUT2D eigenvalue weighted by Gasteiger charge is 2.05. The van der Waals surface area contributed by atoms with Crippen molar-refractivity contribution in [2.45, 2.75) is 0 Å². The molecule has 1 aromatic heterocycles. The second kappa shape index (κ2) is 9.46. The number of pyridine rings is 1. The number of ether oxygens (including phenoxy) is 1. The van der Waals surface area contributed by atoms with Gasteiger partial charge in [0.25, 0.3) is 0 Å². The van der Waals surface area contributed by atoms with Gasteiger partial charge in [0.05, 0.1) is 11.6 Å². The Hall–Kier alpha value is -0.470. The third-order valence-electron chi connectivity index (χ3n) is 2.16. The van der Waals surface area contributed by atoms with Gasteiger partial charge in [0, 0.05) is 34.4 Å². The van der Waals surface area contributed by atoms with Crippen LogP contribution in [0, 0.1) is 0 Å². The lowest BCUT2D eigenvalue weighted by Gasteiger charge is -2.22. The van der Waals surface area contributed by atoms with Gasteiger partial charge >= 0.3 is 0 Å². The molecule has 20 heavy (non-hydrogen) atoms. The van der Waals surface area contributed by atoms with Crippen LogP contribution in [0.2, 0.25) is 10.0 Å². The van der Waals surface area contributed by atoms with Crippen molar-refractivity contribution in [2.75, 3.05) is 41.3 Å². The Bertz CT molecular complexity index is 445. The van der Waals surface area contributed by atoms with Crippen molar-refractivity contribution < 1.29 is 4.74 Å². The van der Waals surface area contributed by atoms with E-state index in [0.717, 1.165) is 5.96 Å². The van der Waals surface area contributed by atoms with Gasteiger partial charge < -0.3 is 14.5 Å². The SMILES string of the molecule is CN(C)C(=NCCOc1ncc(Cl)cc1Cl)N(C)C.I. The summed E-state index contributed by atoms with van der Waals surface area (Å²) in [6, 6.07) is 1.60. The molecule has 0 fully saturated rings. The molecule has 0 atom stereocenters. The van der Waals surface area contributed by atoms with E-state index in [-0.39, 0.29) is 24.0 Å². The molecule has 0 aromatic carbocycles. The van der Waals surface area contributed by atoms with E-state index in [1.54, 1.807) is 6.07 Å². The minimum Gasteiger partial charge on any atom is -0.475 e. The molecule has 0 spiro atoms. The van der Waals surface area contributed by atoms with Crippen molar-refractivity contribution in [3.05, 3.63) is 22.3 Å². The maximum absolute atomic E-state index is 5.95. The van der Waals surface area contributed by atoms with Crippen LogP contribution in [0.15, 0.2) is 17.3 Å². The summed E-state index contributed by atoms with van der Waals surface area (Å²) in [5.41, 5.74) is 0. The molecule has 1 rings (SSSR count). The molecule has 0 unspecified atom stereocenters. The third-order valence-corrected chi connectivity index (χ3v) is 2.63. The molecule has 0 aliphatic carbocycles. The number of nitrogens with zero attached hydrogens (tertiary/aromatic N) is 4. The Morgan fingerprint density at radius 2 is 1.85 bits per heavy atom. The lowest BCUT2D eigenvalue weighted by Crippen LogP contribution is -2.35. The summed E-state index contributed by atoms with van der Waals surface area (Å²) in [5.74, 6) is 1.25. The molecule has 0 radical (unpaired) electrons. The highest BCUT2D eigenvalue weighted by molar-refractivity contribution is 14.0. The van der Waals surface area contributed by atoms with E-state index >= 15 is 0 Å². The number of hydrogen-bond donors (Lipinski definition) is 0. The van der Waals surface area contributed by atoms with Crippen LogP contribution in [0.5, 0.6) is 5.88 Å². The Kier molecular flexibility index (Phi) is 9.24. The van der Waals surface area contributed by atoms with Crippen LogP contribution in [0.4, 0.5) is 0 Å². The fraction of sp³-hybridized carbons (Fsp3) is 0.500. The molecule has 0 saturated heterocycles. The van der Waals surface area contributed by atoms with Crippen LogP contribution >= 0.6 is 47.2 Å². The number of aliphatic imine (C=N–C) groups is 1. The number of rotatable bonds is 4. The van der Waals surface area contributed by atoms with Gasteiger partial charge in [-0.1, -0.05) is 23.2 Å². The van der Waals surface area contributed by atoms with E-state index in [0.29, 0.717) is 29.1 Å². The molecule has 1 heterocycles. The Morgan fingerprint density at radius 1 is 1.25 bits per heavy atom. The summed E-state index contributed by atoms with van der Waals surface area (Å²) < 4.78 is 5.46. The number of hydrogen-bond acceptors (Lipinski definition) is 3. The highest BCUT2D eigenvalue weighted by Crippen LogP contribution is 2.24. The maximum Gasteiger partial charge on any atom is 0.232 e. The second-order valence-electron chi connectivity index (χ2n) is 4.26. The standard InChI is InChI=1S/C12H18Cl2N4O.HI/c1-17(2)12(18(3)4)15-5-6-19-11-10(14)7-9(13)8-16-11;/h7-8H,5-6H2,1-4H3;1H. The first kappa shape index (κ1) is 19.5. The molecule has 0 bridgehead atoms. The van der Waals surface area contributed by atoms with Gasteiger partial charge in [-0.05, 0) is 6.07 Å². The maximum atomic E-state index is 5.95. The summed E-state index contributed by atoms with van der Waals surface area (Å²) in [4.78, 5) is 12.3. The summed E-state index contributed by atoms with van der Waals surface area (Å²) in [6.45, 7) is 0.922. The highest BCUT2D eigenvalue weighted by atomic mass is 127. The Balaban J connectivity index is 0.00000361. The number of halogens is 3. The topological polar surface area (TPSA) is 41.0 Å². The summed E-state index contributed by atoms with van der Waals surface area (Å²) >= 11 is 11.7. The van der Waals surface area contributed by atoms with E-state index in [1.165, 1.54) is 6.20 Å². The van der Waals surface area contributed by atoms with Gasteiger partial charge in [-0.2, -0.15) is 0 Å². The van der Waals surface area contributed by atoms with E-state index in [2.05, 4.69) is 9.98 Å². The molecule has 0 aliphatic rings. The van der Waals surface area contributed by atoms with Crippen molar-refractivity contribution in [1.82, 2.24) is 14.8 Å². The molecular weight excluding hydrogens is 414 g/mol. The van der Waals surface area contributed by atoms with E-state index in [4.69, 9.17) is 27.9 Å². The first-order valence-electron chi connectivity index (χ1n) is 5.74. The van der Waals surface area contributed by atoms with Gasteiger partial charge in [0.15, 0.2) is 5.96 Å². The Morgan fingerprint density at radius 3 is 2.35 bits per heavy atom. The Labute approximate surface area is 146 Å². The predicted molar refractivity (Wildman–Crippen MR) is 94.8 cm³/mol. The zero-order valence-electron chi connectivity index (χ0n) is 11.9. The molecule has 0 N–H and O–H groups in total. The zero-order valence-corrected chi connectivity index (χ0v) is 15.8. The predicted octanol–water partition coefficient (Wildman–Crippen LogP) is 2.86. The monoisotopic (exact) mass is 432 g/mol. The molecule has 1 aromatic rings. The van der Waals surface area contributed by atoms with Crippen LogP contribution in [0.1, 0.15) is 0 Å².